The fourth-order valence-electron chi connectivity index (χ4n) is 0.982. The van der Waals surface area contributed by atoms with E-state index >= 15 is 0 Å². The van der Waals surface area contributed by atoms with Gasteiger partial charge in [-0.3, -0.25) is 0 Å². The SMILES string of the molecule is C=C=C(C)[C@@H](O)c1ccccc1. The topological polar surface area (TPSA) is 20.2 Å². The fraction of sp³-hybridized carbons (Fsp3) is 0.182. The molecule has 0 aromatic heterocycles. The molecule has 0 amide bonds. The number of benzene rings is 1. The van der Waals surface area contributed by atoms with Crippen LogP contribution in [0.5, 0.6) is 0 Å². The van der Waals surface area contributed by atoms with Gasteiger partial charge in [0, 0.05) is 5.57 Å². The van der Waals surface area contributed by atoms with Gasteiger partial charge in [0.1, 0.15) is 6.10 Å². The van der Waals surface area contributed by atoms with E-state index in [2.05, 4.69) is 12.3 Å². The van der Waals surface area contributed by atoms with E-state index in [0.29, 0.717) is 0 Å². The first-order valence-electron chi connectivity index (χ1n) is 3.85. The Hall–Kier alpha value is -1.30. The van der Waals surface area contributed by atoms with Gasteiger partial charge in [-0.25, -0.2) is 0 Å². The molecule has 1 heteroatoms. The fourth-order valence-corrected chi connectivity index (χ4v) is 0.982. The lowest BCUT2D eigenvalue weighted by Crippen LogP contribution is -1.96. The van der Waals surface area contributed by atoms with Gasteiger partial charge in [-0.15, -0.1) is 5.73 Å². The maximum atomic E-state index is 9.65. The minimum atomic E-state index is -0.566. The lowest BCUT2D eigenvalue weighted by molar-refractivity contribution is 0.216. The van der Waals surface area contributed by atoms with Gasteiger partial charge in [-0.1, -0.05) is 36.9 Å². The molecule has 0 radical (unpaired) electrons. The second kappa shape index (κ2) is 3.91. The van der Waals surface area contributed by atoms with Crippen molar-refractivity contribution in [1.29, 1.82) is 0 Å². The number of aliphatic hydroxyl groups excluding tert-OH is 1. The summed E-state index contributed by atoms with van der Waals surface area (Å²) in [6, 6.07) is 9.48. The van der Waals surface area contributed by atoms with E-state index in [1.54, 1.807) is 0 Å². The maximum absolute atomic E-state index is 9.65. The zero-order valence-corrected chi connectivity index (χ0v) is 7.12. The normalized spacial score (nSPS) is 11.8. The molecular weight excluding hydrogens is 148 g/mol. The van der Waals surface area contributed by atoms with Crippen LogP contribution in [0.2, 0.25) is 0 Å². The van der Waals surface area contributed by atoms with Crippen LogP contribution in [0, 0.1) is 0 Å². The van der Waals surface area contributed by atoms with Gasteiger partial charge in [-0.2, -0.15) is 0 Å². The van der Waals surface area contributed by atoms with Gasteiger partial charge in [0.2, 0.25) is 0 Å². The third kappa shape index (κ3) is 1.85. The molecule has 0 saturated carbocycles. The summed E-state index contributed by atoms with van der Waals surface area (Å²) >= 11 is 0. The van der Waals surface area contributed by atoms with Gasteiger partial charge < -0.3 is 5.11 Å². The second-order valence-corrected chi connectivity index (χ2v) is 2.67. The molecule has 0 heterocycles. The minimum Gasteiger partial charge on any atom is -0.383 e. The molecule has 1 nitrogen and oxygen atoms in total. The Bertz CT molecular complexity index is 294. The van der Waals surface area contributed by atoms with Crippen LogP contribution in [-0.4, -0.2) is 5.11 Å². The number of rotatable bonds is 2. The van der Waals surface area contributed by atoms with Crippen LogP contribution < -0.4 is 0 Å². The summed E-state index contributed by atoms with van der Waals surface area (Å²) in [5.41, 5.74) is 4.31. The van der Waals surface area contributed by atoms with E-state index in [1.807, 2.05) is 37.3 Å². The molecule has 0 aliphatic carbocycles. The zero-order valence-electron chi connectivity index (χ0n) is 7.12. The molecule has 0 unspecified atom stereocenters. The van der Waals surface area contributed by atoms with E-state index < -0.39 is 6.10 Å². The molecule has 12 heavy (non-hydrogen) atoms. The van der Waals surface area contributed by atoms with Gasteiger partial charge in [0.15, 0.2) is 0 Å². The average Bonchev–Trinajstić information content (AvgIpc) is 2.17. The first-order chi connectivity index (χ1) is 5.75. The maximum Gasteiger partial charge on any atom is 0.107 e. The van der Waals surface area contributed by atoms with E-state index in [-0.39, 0.29) is 0 Å². The predicted octanol–water partition coefficient (Wildman–Crippen LogP) is 2.45. The number of hydrogen-bond acceptors (Lipinski definition) is 1. The van der Waals surface area contributed by atoms with Crippen LogP contribution in [0.4, 0.5) is 0 Å². The zero-order chi connectivity index (χ0) is 8.97. The van der Waals surface area contributed by atoms with Gasteiger partial charge in [0.05, 0.1) is 0 Å². The lowest BCUT2D eigenvalue weighted by atomic mass is 10.0. The van der Waals surface area contributed by atoms with Gasteiger partial charge >= 0.3 is 0 Å². The van der Waals surface area contributed by atoms with E-state index in [9.17, 15) is 5.11 Å². The Morgan fingerprint density at radius 3 is 2.50 bits per heavy atom. The first-order valence-corrected chi connectivity index (χ1v) is 3.85. The molecule has 1 aromatic carbocycles. The molecule has 1 aromatic rings. The molecule has 0 aliphatic rings. The standard InChI is InChI=1S/C11H12O/c1-3-9(2)11(12)10-7-5-4-6-8-10/h4-8,11-12H,1H2,2H3/t11-/m1/s1. The summed E-state index contributed by atoms with van der Waals surface area (Å²) in [5.74, 6) is 0. The molecule has 62 valence electrons. The Labute approximate surface area is 72.7 Å². The summed E-state index contributed by atoms with van der Waals surface area (Å²) < 4.78 is 0. The van der Waals surface area contributed by atoms with Crippen LogP contribution in [0.15, 0.2) is 48.2 Å². The van der Waals surface area contributed by atoms with Crippen molar-refractivity contribution < 1.29 is 5.11 Å². The Morgan fingerprint density at radius 1 is 1.42 bits per heavy atom. The van der Waals surface area contributed by atoms with E-state index in [0.717, 1.165) is 11.1 Å². The van der Waals surface area contributed by atoms with Crippen LogP contribution in [-0.2, 0) is 0 Å². The summed E-state index contributed by atoms with van der Waals surface area (Å²) in [5, 5.41) is 9.65. The van der Waals surface area contributed by atoms with Crippen molar-refractivity contribution in [2.75, 3.05) is 0 Å². The second-order valence-electron chi connectivity index (χ2n) is 2.67. The van der Waals surface area contributed by atoms with E-state index in [4.69, 9.17) is 0 Å². The third-order valence-corrected chi connectivity index (χ3v) is 1.80. The molecule has 1 rings (SSSR count). The van der Waals surface area contributed by atoms with Crippen molar-refractivity contribution in [3.8, 4) is 0 Å². The molecular formula is C11H12O. The Morgan fingerprint density at radius 2 is 2.00 bits per heavy atom. The first kappa shape index (κ1) is 8.79. The summed E-state index contributed by atoms with van der Waals surface area (Å²) in [6.07, 6.45) is -0.566. The van der Waals surface area contributed by atoms with Gasteiger partial charge in [0.25, 0.3) is 0 Å². The quantitative estimate of drug-likeness (QED) is 0.659. The Kier molecular flexibility index (Phi) is 2.87. The van der Waals surface area contributed by atoms with E-state index in [1.165, 1.54) is 0 Å². The molecule has 1 atom stereocenters. The van der Waals surface area contributed by atoms with Crippen LogP contribution in [0.25, 0.3) is 0 Å². The van der Waals surface area contributed by atoms with Crippen LogP contribution >= 0.6 is 0 Å². The van der Waals surface area contributed by atoms with Crippen LogP contribution in [0.3, 0.4) is 0 Å². The Balaban J connectivity index is 2.93. The molecule has 0 saturated heterocycles. The average molecular weight is 160 g/mol. The molecule has 0 fully saturated rings. The minimum absolute atomic E-state index is 0.566. The highest BCUT2D eigenvalue weighted by molar-refractivity contribution is 5.24. The summed E-state index contributed by atoms with van der Waals surface area (Å²) in [7, 11) is 0. The van der Waals surface area contributed by atoms with Crippen LogP contribution in [0.1, 0.15) is 18.6 Å². The van der Waals surface area contributed by atoms with Crippen molar-refractivity contribution in [3.63, 3.8) is 0 Å². The number of hydrogen-bond donors (Lipinski definition) is 1. The highest BCUT2D eigenvalue weighted by Gasteiger charge is 2.06. The molecule has 0 bridgehead atoms. The molecule has 0 spiro atoms. The number of aliphatic hydroxyl groups is 1. The molecule has 1 N–H and O–H groups in total. The summed E-state index contributed by atoms with van der Waals surface area (Å²) in [4.78, 5) is 0. The third-order valence-electron chi connectivity index (χ3n) is 1.80. The summed E-state index contributed by atoms with van der Waals surface area (Å²) in [6.45, 7) is 5.30. The monoisotopic (exact) mass is 160 g/mol. The molecule has 0 aliphatic heterocycles. The smallest absolute Gasteiger partial charge is 0.107 e. The van der Waals surface area contributed by atoms with Crippen molar-refractivity contribution in [1.82, 2.24) is 0 Å². The van der Waals surface area contributed by atoms with Crippen molar-refractivity contribution in [2.45, 2.75) is 13.0 Å². The largest absolute Gasteiger partial charge is 0.383 e. The van der Waals surface area contributed by atoms with Crippen molar-refractivity contribution in [3.05, 3.63) is 53.8 Å². The van der Waals surface area contributed by atoms with Gasteiger partial charge in [-0.05, 0) is 12.5 Å². The predicted molar refractivity (Wildman–Crippen MR) is 49.7 cm³/mol. The highest BCUT2D eigenvalue weighted by Crippen LogP contribution is 2.18. The lowest BCUT2D eigenvalue weighted by Gasteiger charge is -2.08. The van der Waals surface area contributed by atoms with Crippen molar-refractivity contribution in [2.24, 2.45) is 0 Å². The van der Waals surface area contributed by atoms with Crippen molar-refractivity contribution >= 4 is 0 Å². The highest BCUT2D eigenvalue weighted by atomic mass is 16.3.